The van der Waals surface area contributed by atoms with Crippen LogP contribution in [-0.4, -0.2) is 32.1 Å². The molecule has 0 saturated heterocycles. The van der Waals surface area contributed by atoms with Gasteiger partial charge in [0, 0.05) is 18.3 Å². The predicted molar refractivity (Wildman–Crippen MR) is 98.5 cm³/mol. The third kappa shape index (κ3) is 5.57. The van der Waals surface area contributed by atoms with Crippen LogP contribution in [0.4, 0.5) is 5.69 Å². The second kappa shape index (κ2) is 8.49. The summed E-state index contributed by atoms with van der Waals surface area (Å²) in [6.07, 6.45) is 7.79. The van der Waals surface area contributed by atoms with Crippen molar-refractivity contribution in [3.63, 3.8) is 0 Å². The average Bonchev–Trinajstić information content (AvgIpc) is 2.54. The van der Waals surface area contributed by atoms with Gasteiger partial charge >= 0.3 is 5.97 Å². The van der Waals surface area contributed by atoms with Crippen molar-refractivity contribution < 1.29 is 18.3 Å². The number of anilines is 1. The second-order valence-electron chi connectivity index (χ2n) is 6.57. The van der Waals surface area contributed by atoms with E-state index in [1.165, 1.54) is 36.6 Å². The number of carboxylic acids is 1. The summed E-state index contributed by atoms with van der Waals surface area (Å²) >= 11 is 0. The van der Waals surface area contributed by atoms with Gasteiger partial charge in [-0.15, -0.1) is 0 Å². The van der Waals surface area contributed by atoms with Crippen molar-refractivity contribution in [2.45, 2.75) is 56.9 Å². The summed E-state index contributed by atoms with van der Waals surface area (Å²) in [6.45, 7) is 4.06. The molecule has 3 N–H and O–H groups in total. The van der Waals surface area contributed by atoms with E-state index in [0.717, 1.165) is 19.3 Å². The smallest absolute Gasteiger partial charge is 0.337 e. The van der Waals surface area contributed by atoms with Crippen LogP contribution in [0.2, 0.25) is 0 Å². The first-order chi connectivity index (χ1) is 11.8. The van der Waals surface area contributed by atoms with Gasteiger partial charge in [-0.3, -0.25) is 0 Å². The van der Waals surface area contributed by atoms with Gasteiger partial charge < -0.3 is 10.4 Å². The Bertz CT molecular complexity index is 754. The first-order valence-electron chi connectivity index (χ1n) is 8.61. The lowest BCUT2D eigenvalue weighted by molar-refractivity contribution is 0.0697. The van der Waals surface area contributed by atoms with Crippen LogP contribution in [0.25, 0.3) is 0 Å². The van der Waals surface area contributed by atoms with Crippen LogP contribution in [0.15, 0.2) is 34.7 Å². The Morgan fingerprint density at radius 2 is 2.04 bits per heavy atom. The van der Waals surface area contributed by atoms with Crippen LogP contribution in [0, 0.1) is 0 Å². The summed E-state index contributed by atoms with van der Waals surface area (Å²) in [5.41, 5.74) is 1.80. The molecular formula is C18H26N2O4S. The Balaban J connectivity index is 2.13. The lowest BCUT2D eigenvalue weighted by Gasteiger charge is -2.15. The van der Waals surface area contributed by atoms with E-state index < -0.39 is 16.0 Å². The van der Waals surface area contributed by atoms with Gasteiger partial charge in [-0.25, -0.2) is 17.9 Å². The first-order valence-corrected chi connectivity index (χ1v) is 10.1. The molecule has 1 aromatic rings. The van der Waals surface area contributed by atoms with Crippen LogP contribution < -0.4 is 10.0 Å². The fourth-order valence-corrected chi connectivity index (χ4v) is 4.17. The molecule has 0 heterocycles. The molecule has 0 aromatic heterocycles. The van der Waals surface area contributed by atoms with E-state index in [1.807, 2.05) is 0 Å². The molecular weight excluding hydrogens is 340 g/mol. The van der Waals surface area contributed by atoms with E-state index in [4.69, 9.17) is 0 Å². The molecule has 138 valence electrons. The molecule has 1 aliphatic rings. The number of rotatable bonds is 8. The molecule has 0 spiro atoms. The molecule has 6 nitrogen and oxygen atoms in total. The summed E-state index contributed by atoms with van der Waals surface area (Å²) in [5, 5.41) is 12.5. The SMILES string of the molecule is CC(C)NS(=O)(=O)c1ccc(NCCC2=CCCCC2)c(C(=O)O)c1. The number of benzene rings is 1. The van der Waals surface area contributed by atoms with Crippen molar-refractivity contribution in [1.82, 2.24) is 4.72 Å². The summed E-state index contributed by atoms with van der Waals surface area (Å²) in [4.78, 5) is 11.5. The van der Waals surface area contributed by atoms with Crippen molar-refractivity contribution in [3.8, 4) is 0 Å². The van der Waals surface area contributed by atoms with E-state index in [2.05, 4.69) is 16.1 Å². The normalized spacial score (nSPS) is 15.1. The van der Waals surface area contributed by atoms with E-state index in [0.29, 0.717) is 12.2 Å². The zero-order valence-electron chi connectivity index (χ0n) is 14.7. The highest BCUT2D eigenvalue weighted by molar-refractivity contribution is 7.89. The number of allylic oxidation sites excluding steroid dienone is 1. The summed E-state index contributed by atoms with van der Waals surface area (Å²) in [5.74, 6) is -1.15. The van der Waals surface area contributed by atoms with Crippen molar-refractivity contribution in [3.05, 3.63) is 35.4 Å². The number of hydrogen-bond donors (Lipinski definition) is 3. The molecule has 0 amide bonds. The quantitative estimate of drug-likeness (QED) is 0.613. The Hall–Kier alpha value is -1.86. The van der Waals surface area contributed by atoms with Crippen molar-refractivity contribution in [2.24, 2.45) is 0 Å². The van der Waals surface area contributed by atoms with Crippen LogP contribution in [0.5, 0.6) is 0 Å². The Morgan fingerprint density at radius 1 is 1.28 bits per heavy atom. The molecule has 0 radical (unpaired) electrons. The number of carboxylic acid groups (broad SMARTS) is 1. The van der Waals surface area contributed by atoms with Gasteiger partial charge in [-0.05, 0) is 64.2 Å². The maximum Gasteiger partial charge on any atom is 0.337 e. The Morgan fingerprint density at radius 3 is 2.64 bits per heavy atom. The van der Waals surface area contributed by atoms with Gasteiger partial charge in [-0.2, -0.15) is 0 Å². The molecule has 2 rings (SSSR count). The van der Waals surface area contributed by atoms with E-state index in [9.17, 15) is 18.3 Å². The van der Waals surface area contributed by atoms with Crippen LogP contribution in [0.3, 0.4) is 0 Å². The standard InChI is InChI=1S/C18H26N2O4S/c1-13(2)20-25(23,24)15-8-9-17(16(12-15)18(21)22)19-11-10-14-6-4-3-5-7-14/h6,8-9,12-13,19-20H,3-5,7,10-11H2,1-2H3,(H,21,22). The van der Waals surface area contributed by atoms with Gasteiger partial charge in [0.25, 0.3) is 0 Å². The number of hydrogen-bond acceptors (Lipinski definition) is 4. The zero-order chi connectivity index (χ0) is 18.4. The molecule has 1 aromatic carbocycles. The highest BCUT2D eigenvalue weighted by Crippen LogP contribution is 2.23. The van der Waals surface area contributed by atoms with Crippen molar-refractivity contribution in [1.29, 1.82) is 0 Å². The fraction of sp³-hybridized carbons (Fsp3) is 0.500. The minimum Gasteiger partial charge on any atom is -0.478 e. The Labute approximate surface area is 149 Å². The number of sulfonamides is 1. The van der Waals surface area contributed by atoms with Gasteiger partial charge in [0.2, 0.25) is 10.0 Å². The van der Waals surface area contributed by atoms with Crippen LogP contribution in [-0.2, 0) is 10.0 Å². The van der Waals surface area contributed by atoms with Crippen LogP contribution >= 0.6 is 0 Å². The van der Waals surface area contributed by atoms with E-state index >= 15 is 0 Å². The third-order valence-corrected chi connectivity index (χ3v) is 5.73. The maximum absolute atomic E-state index is 12.2. The molecule has 0 unspecified atom stereocenters. The fourth-order valence-electron chi connectivity index (χ4n) is 2.89. The molecule has 0 saturated carbocycles. The van der Waals surface area contributed by atoms with Gasteiger partial charge in [0.15, 0.2) is 0 Å². The highest BCUT2D eigenvalue weighted by atomic mass is 32.2. The minimum absolute atomic E-state index is 0.0377. The molecule has 0 atom stereocenters. The summed E-state index contributed by atoms with van der Waals surface area (Å²) in [7, 11) is -3.72. The summed E-state index contributed by atoms with van der Waals surface area (Å²) in [6, 6.07) is 3.89. The number of aromatic carboxylic acids is 1. The Kier molecular flexibility index (Phi) is 6.61. The third-order valence-electron chi connectivity index (χ3n) is 4.07. The van der Waals surface area contributed by atoms with Gasteiger partial charge in [0.05, 0.1) is 10.5 Å². The topological polar surface area (TPSA) is 95.5 Å². The average molecular weight is 366 g/mol. The second-order valence-corrected chi connectivity index (χ2v) is 8.29. The molecule has 0 aliphatic heterocycles. The highest BCUT2D eigenvalue weighted by Gasteiger charge is 2.19. The van der Waals surface area contributed by atoms with Gasteiger partial charge in [0.1, 0.15) is 0 Å². The molecule has 0 bridgehead atoms. The van der Waals surface area contributed by atoms with E-state index in [-0.39, 0.29) is 16.5 Å². The van der Waals surface area contributed by atoms with Crippen molar-refractivity contribution >= 4 is 21.7 Å². The number of nitrogens with one attached hydrogen (secondary N) is 2. The van der Waals surface area contributed by atoms with Crippen molar-refractivity contribution in [2.75, 3.05) is 11.9 Å². The zero-order valence-corrected chi connectivity index (χ0v) is 15.5. The lowest BCUT2D eigenvalue weighted by atomic mass is 9.97. The minimum atomic E-state index is -3.72. The first kappa shape index (κ1) is 19.5. The van der Waals surface area contributed by atoms with Crippen LogP contribution in [0.1, 0.15) is 56.3 Å². The lowest BCUT2D eigenvalue weighted by Crippen LogP contribution is -2.30. The summed E-state index contributed by atoms with van der Waals surface area (Å²) < 4.78 is 26.9. The van der Waals surface area contributed by atoms with Gasteiger partial charge in [-0.1, -0.05) is 11.6 Å². The molecule has 7 heteroatoms. The number of carbonyl (C=O) groups is 1. The van der Waals surface area contributed by atoms with E-state index in [1.54, 1.807) is 13.8 Å². The predicted octanol–water partition coefficient (Wildman–Crippen LogP) is 3.37. The molecule has 0 fully saturated rings. The largest absolute Gasteiger partial charge is 0.478 e. The monoisotopic (exact) mass is 366 g/mol. The molecule has 25 heavy (non-hydrogen) atoms. The molecule has 1 aliphatic carbocycles. The maximum atomic E-state index is 12.2.